The molecule has 0 spiro atoms. The summed E-state index contributed by atoms with van der Waals surface area (Å²) >= 11 is 0. The first-order valence-corrected chi connectivity index (χ1v) is 10.8. The lowest BCUT2D eigenvalue weighted by Gasteiger charge is -2.42. The number of nitrogens with one attached hydrogen (secondary N) is 1. The highest BCUT2D eigenvalue weighted by molar-refractivity contribution is 7.85. The molecule has 0 saturated carbocycles. The Balaban J connectivity index is 1.90. The van der Waals surface area contributed by atoms with E-state index in [0.29, 0.717) is 13.0 Å². The van der Waals surface area contributed by atoms with Crippen LogP contribution in [0, 0.1) is 5.92 Å². The monoisotopic (exact) mass is 414 g/mol. The molecule has 156 valence electrons. The summed E-state index contributed by atoms with van der Waals surface area (Å²) in [7, 11) is -3.54. The van der Waals surface area contributed by atoms with Crippen LogP contribution in [0.2, 0.25) is 0 Å². The van der Waals surface area contributed by atoms with E-state index in [9.17, 15) is 23.1 Å². The molecule has 1 saturated heterocycles. The molecule has 2 N–H and O–H groups in total. The zero-order valence-electron chi connectivity index (χ0n) is 15.9. The maximum atomic E-state index is 12.1. The van der Waals surface area contributed by atoms with E-state index in [4.69, 9.17) is 8.92 Å². The van der Waals surface area contributed by atoms with Crippen LogP contribution in [0.15, 0.2) is 30.3 Å². The fourth-order valence-electron chi connectivity index (χ4n) is 3.33. The highest BCUT2D eigenvalue weighted by Crippen LogP contribution is 2.24. The van der Waals surface area contributed by atoms with Gasteiger partial charge in [0, 0.05) is 25.2 Å². The Morgan fingerprint density at radius 3 is 2.57 bits per heavy atom. The first-order chi connectivity index (χ1) is 13.2. The summed E-state index contributed by atoms with van der Waals surface area (Å²) in [5.41, 5.74) is 0.835. The van der Waals surface area contributed by atoms with Gasteiger partial charge in [0.1, 0.15) is 6.61 Å². The molecule has 10 heteroatoms. The number of hydrogen-bond donors (Lipinski definition) is 2. The van der Waals surface area contributed by atoms with Crippen molar-refractivity contribution in [1.82, 2.24) is 10.2 Å². The van der Waals surface area contributed by atoms with Crippen LogP contribution < -0.4 is 5.32 Å². The molecule has 0 aromatic heterocycles. The molecule has 1 aliphatic heterocycles. The van der Waals surface area contributed by atoms with Crippen molar-refractivity contribution >= 4 is 22.2 Å². The van der Waals surface area contributed by atoms with Crippen molar-refractivity contribution < 1.29 is 32.0 Å². The molecule has 0 bridgehead atoms. The Labute approximate surface area is 164 Å². The molecule has 1 fully saturated rings. The van der Waals surface area contributed by atoms with Crippen molar-refractivity contribution in [2.45, 2.75) is 32.0 Å². The van der Waals surface area contributed by atoms with Gasteiger partial charge in [-0.1, -0.05) is 30.3 Å². The number of carboxylic acids is 1. The molecule has 1 aliphatic rings. The molecule has 0 radical (unpaired) electrons. The molecule has 1 aromatic carbocycles. The van der Waals surface area contributed by atoms with E-state index in [1.54, 1.807) is 6.92 Å². The lowest BCUT2D eigenvalue weighted by molar-refractivity contribution is -0.147. The van der Waals surface area contributed by atoms with Crippen molar-refractivity contribution in [1.29, 1.82) is 0 Å². The maximum absolute atomic E-state index is 12.1. The number of nitrogens with zero attached hydrogens (tertiary/aromatic N) is 1. The van der Waals surface area contributed by atoms with Crippen LogP contribution >= 0.6 is 0 Å². The van der Waals surface area contributed by atoms with Crippen LogP contribution in [0.1, 0.15) is 18.9 Å². The van der Waals surface area contributed by atoms with Gasteiger partial charge < -0.3 is 15.2 Å². The number of benzene rings is 1. The van der Waals surface area contributed by atoms with Crippen molar-refractivity contribution in [3.63, 3.8) is 0 Å². The van der Waals surface area contributed by atoms with Gasteiger partial charge in [-0.25, -0.2) is 4.79 Å². The molecular weight excluding hydrogens is 388 g/mol. The molecule has 0 aliphatic carbocycles. The van der Waals surface area contributed by atoms with Gasteiger partial charge in [-0.3, -0.25) is 13.9 Å². The Bertz CT molecular complexity index is 769. The number of carboxylic acid groups (broad SMARTS) is 1. The predicted octanol–water partition coefficient (Wildman–Crippen LogP) is 1.05. The van der Waals surface area contributed by atoms with Crippen molar-refractivity contribution in [3.8, 4) is 0 Å². The zero-order chi connectivity index (χ0) is 20.7. The third-order valence-corrected chi connectivity index (χ3v) is 5.33. The molecule has 1 amide bonds. The number of amides is 1. The summed E-state index contributed by atoms with van der Waals surface area (Å²) < 4.78 is 32.1. The van der Waals surface area contributed by atoms with E-state index in [1.807, 2.05) is 35.2 Å². The number of aliphatic carboxylic acids is 1. The van der Waals surface area contributed by atoms with E-state index >= 15 is 0 Å². The van der Waals surface area contributed by atoms with Gasteiger partial charge in [-0.15, -0.1) is 0 Å². The lowest BCUT2D eigenvalue weighted by Crippen LogP contribution is -2.58. The van der Waals surface area contributed by atoms with Gasteiger partial charge in [0.2, 0.25) is 0 Å². The predicted molar refractivity (Wildman–Crippen MR) is 101 cm³/mol. The standard InChI is InChI=1S/C18H26N2O7S/c1-13-16(17(21)22)15(8-9-20(13)10-11-27-28(2,24)25)19-18(23)26-12-14-6-4-3-5-7-14/h3-7,13,15-16H,8-12H2,1-2H3,(H,19,23)(H,21,22)/t13?,15-,16+/m1/s1. The SMILES string of the molecule is CC1[C@H](C(=O)O)[C@H](NC(=O)OCc2ccccc2)CCN1CCOS(C)(=O)=O. The third kappa shape index (κ3) is 6.77. The molecule has 1 unspecified atom stereocenters. The van der Waals surface area contributed by atoms with Crippen LogP contribution in [0.3, 0.4) is 0 Å². The van der Waals surface area contributed by atoms with Crippen LogP contribution in [-0.2, 0) is 30.4 Å². The average molecular weight is 414 g/mol. The highest BCUT2D eigenvalue weighted by Gasteiger charge is 2.41. The molecule has 1 heterocycles. The van der Waals surface area contributed by atoms with Gasteiger partial charge in [0.15, 0.2) is 0 Å². The number of likely N-dealkylation sites (tertiary alicyclic amines) is 1. The van der Waals surface area contributed by atoms with E-state index in [-0.39, 0.29) is 19.8 Å². The molecular formula is C18H26N2O7S. The van der Waals surface area contributed by atoms with Crippen molar-refractivity contribution in [3.05, 3.63) is 35.9 Å². The normalized spacial score (nSPS) is 23.1. The van der Waals surface area contributed by atoms with Gasteiger partial charge in [0.25, 0.3) is 10.1 Å². The van der Waals surface area contributed by atoms with Crippen molar-refractivity contribution in [2.75, 3.05) is 26.0 Å². The van der Waals surface area contributed by atoms with Crippen LogP contribution in [0.5, 0.6) is 0 Å². The zero-order valence-corrected chi connectivity index (χ0v) is 16.7. The summed E-state index contributed by atoms with van der Waals surface area (Å²) in [5.74, 6) is -1.88. The first kappa shape index (κ1) is 22.1. The molecule has 2 rings (SSSR count). The number of ether oxygens (including phenoxy) is 1. The topological polar surface area (TPSA) is 122 Å². The van der Waals surface area contributed by atoms with Gasteiger partial charge in [0.05, 0.1) is 18.8 Å². The third-order valence-electron chi connectivity index (χ3n) is 4.73. The number of rotatable bonds is 8. The van der Waals surface area contributed by atoms with E-state index < -0.39 is 40.2 Å². The van der Waals surface area contributed by atoms with E-state index in [0.717, 1.165) is 11.8 Å². The smallest absolute Gasteiger partial charge is 0.407 e. The summed E-state index contributed by atoms with van der Waals surface area (Å²) in [6.07, 6.45) is 0.704. The quantitative estimate of drug-likeness (QED) is 0.606. The van der Waals surface area contributed by atoms with Crippen LogP contribution in [0.25, 0.3) is 0 Å². The second kappa shape index (κ2) is 9.85. The van der Waals surface area contributed by atoms with Crippen LogP contribution in [0.4, 0.5) is 4.79 Å². The molecule has 3 atom stereocenters. The second-order valence-corrected chi connectivity index (χ2v) is 8.41. The summed E-state index contributed by atoms with van der Waals surface area (Å²) in [6.45, 7) is 2.57. The Morgan fingerprint density at radius 1 is 1.29 bits per heavy atom. The Morgan fingerprint density at radius 2 is 1.96 bits per heavy atom. The van der Waals surface area contributed by atoms with Crippen molar-refractivity contribution in [2.24, 2.45) is 5.92 Å². The minimum atomic E-state index is -3.54. The molecule has 28 heavy (non-hydrogen) atoms. The Kier molecular flexibility index (Phi) is 7.78. The van der Waals surface area contributed by atoms with Gasteiger partial charge in [-0.05, 0) is 18.9 Å². The Hall–Kier alpha value is -2.17. The number of alkyl carbamates (subject to hydrolysis) is 1. The first-order valence-electron chi connectivity index (χ1n) is 8.96. The summed E-state index contributed by atoms with van der Waals surface area (Å²) in [6, 6.07) is 8.19. The average Bonchev–Trinajstić information content (AvgIpc) is 2.61. The summed E-state index contributed by atoms with van der Waals surface area (Å²) in [4.78, 5) is 25.7. The second-order valence-electron chi connectivity index (χ2n) is 6.77. The van der Waals surface area contributed by atoms with E-state index in [2.05, 4.69) is 5.32 Å². The van der Waals surface area contributed by atoms with Gasteiger partial charge in [-0.2, -0.15) is 8.42 Å². The number of carbonyl (C=O) groups excluding carboxylic acids is 1. The minimum Gasteiger partial charge on any atom is -0.481 e. The van der Waals surface area contributed by atoms with Gasteiger partial charge >= 0.3 is 12.1 Å². The summed E-state index contributed by atoms with van der Waals surface area (Å²) in [5, 5.41) is 12.3. The molecule has 1 aromatic rings. The lowest BCUT2D eigenvalue weighted by atomic mass is 9.85. The minimum absolute atomic E-state index is 0.0489. The number of piperidine rings is 1. The fourth-order valence-corrected chi connectivity index (χ4v) is 3.71. The largest absolute Gasteiger partial charge is 0.481 e. The maximum Gasteiger partial charge on any atom is 0.407 e. The molecule has 9 nitrogen and oxygen atoms in total. The van der Waals surface area contributed by atoms with E-state index in [1.165, 1.54) is 0 Å². The number of carbonyl (C=O) groups is 2. The fraction of sp³-hybridized carbons (Fsp3) is 0.556. The van der Waals surface area contributed by atoms with Crippen LogP contribution in [-0.4, -0.2) is 68.5 Å². The number of hydrogen-bond acceptors (Lipinski definition) is 7. The highest BCUT2D eigenvalue weighted by atomic mass is 32.2.